The molecule has 17 heteroatoms. The van der Waals surface area contributed by atoms with Crippen LogP contribution in [0.25, 0.3) is 203 Å². The summed E-state index contributed by atoms with van der Waals surface area (Å²) in [6.07, 6.45) is 0. The van der Waals surface area contributed by atoms with Gasteiger partial charge in [0.2, 0.25) is 0 Å². The summed E-state index contributed by atoms with van der Waals surface area (Å²) in [6, 6.07) is 112. The molecule has 0 atom stereocenters. The number of nitriles is 1. The van der Waals surface area contributed by atoms with Crippen LogP contribution >= 0.6 is 0 Å². The maximum Gasteiger partial charge on any atom is 0.164 e. The zero-order valence-corrected chi connectivity index (χ0v) is 60.4. The van der Waals surface area contributed by atoms with Crippen LogP contribution in [-0.2, 0) is 0 Å². The molecule has 0 saturated carbocycles. The molecule has 0 aliphatic heterocycles. The fourth-order valence-electron chi connectivity index (χ4n) is 14.8. The van der Waals surface area contributed by atoms with Gasteiger partial charge < -0.3 is 9.13 Å². The molecular weight excluding hydrogens is 1410 g/mol. The van der Waals surface area contributed by atoms with Crippen molar-refractivity contribution < 1.29 is 8.78 Å². The van der Waals surface area contributed by atoms with E-state index in [0.29, 0.717) is 131 Å². The van der Waals surface area contributed by atoms with Crippen molar-refractivity contribution in [2.24, 2.45) is 0 Å². The average molecular weight is 1470 g/mol. The minimum absolute atomic E-state index is 0.206. The standard InChI is InChI=1S/C97H57F2N15/c98-73-49-71(50-74(99)56-73)75-57-84(113-80-45-41-67(94-105-86(59-25-9-1-10-26-59)101-87(106-94)60-27-11-2-12-28-60)51-76(80)77-52-68(42-46-81(77)113)95-107-88(61-29-13-3-14-30-61)102-89(108-95)62-31-15-4-16-32-62)72(58-100)55-85(75)114-82-47-43-69(96-109-90(63-33-17-5-18-34-63)103-91(110-96)64-35-19-6-20-36-64)53-78(82)79-54-70(44-48-83(79)114)97-111-92(65-37-21-7-22-38-65)104-93(112-97)66-39-23-8-24-40-66/h1-57H. The van der Waals surface area contributed by atoms with Crippen LogP contribution in [0.4, 0.5) is 8.78 Å². The van der Waals surface area contributed by atoms with Crippen LogP contribution in [0.2, 0.25) is 0 Å². The minimum atomic E-state index is -0.798. The van der Waals surface area contributed by atoms with Crippen molar-refractivity contribution in [2.45, 2.75) is 0 Å². The first kappa shape index (κ1) is 67.4. The van der Waals surface area contributed by atoms with E-state index in [-0.39, 0.29) is 11.1 Å². The topological polar surface area (TPSA) is 188 Å². The number of rotatable bonds is 15. The van der Waals surface area contributed by atoms with Gasteiger partial charge in [0.05, 0.1) is 39.0 Å². The summed E-state index contributed by atoms with van der Waals surface area (Å²) >= 11 is 0. The van der Waals surface area contributed by atoms with Gasteiger partial charge in [-0.05, 0) is 103 Å². The van der Waals surface area contributed by atoms with E-state index in [1.165, 1.54) is 12.1 Å². The van der Waals surface area contributed by atoms with Crippen LogP contribution < -0.4 is 0 Å². The van der Waals surface area contributed by atoms with Crippen LogP contribution in [-0.4, -0.2) is 68.9 Å². The highest BCUT2D eigenvalue weighted by molar-refractivity contribution is 6.14. The summed E-state index contributed by atoms with van der Waals surface area (Å²) in [4.78, 5) is 61.5. The molecule has 0 amide bonds. The minimum Gasteiger partial charge on any atom is -0.309 e. The molecule has 6 heterocycles. The maximum atomic E-state index is 16.5. The van der Waals surface area contributed by atoms with Gasteiger partial charge in [-0.3, -0.25) is 0 Å². The van der Waals surface area contributed by atoms with Gasteiger partial charge in [0.15, 0.2) is 69.9 Å². The number of fused-ring (bicyclic) bond motifs is 6. The average Bonchev–Trinajstić information content (AvgIpc) is 1.56. The predicted octanol–water partition coefficient (Wildman–Crippen LogP) is 22.4. The molecule has 15 nitrogen and oxygen atoms in total. The summed E-state index contributed by atoms with van der Waals surface area (Å²) in [5.41, 5.74) is 13.6. The molecule has 0 aliphatic carbocycles. The van der Waals surface area contributed by atoms with Crippen molar-refractivity contribution in [2.75, 3.05) is 0 Å². The fourth-order valence-corrected chi connectivity index (χ4v) is 14.8. The zero-order chi connectivity index (χ0) is 76.2. The van der Waals surface area contributed by atoms with Crippen molar-refractivity contribution in [1.29, 1.82) is 5.26 Å². The van der Waals surface area contributed by atoms with Gasteiger partial charge in [-0.25, -0.2) is 68.6 Å². The highest BCUT2D eigenvalue weighted by Gasteiger charge is 2.27. The smallest absolute Gasteiger partial charge is 0.164 e. The number of halogens is 2. The molecule has 20 rings (SSSR count). The molecular formula is C97H57F2N15. The third-order valence-corrected chi connectivity index (χ3v) is 20.3. The lowest BCUT2D eigenvalue weighted by Crippen LogP contribution is -2.04. The monoisotopic (exact) mass is 1470 g/mol. The Morgan fingerprint density at radius 3 is 0.632 bits per heavy atom. The van der Waals surface area contributed by atoms with Gasteiger partial charge in [-0.15, -0.1) is 0 Å². The maximum absolute atomic E-state index is 16.5. The highest BCUT2D eigenvalue weighted by atomic mass is 19.1. The number of nitrogens with zero attached hydrogens (tertiary/aromatic N) is 15. The second-order valence-electron chi connectivity index (χ2n) is 27.4. The van der Waals surface area contributed by atoms with E-state index < -0.39 is 11.6 Å². The Kier molecular flexibility index (Phi) is 16.9. The van der Waals surface area contributed by atoms with Gasteiger partial charge in [-0.1, -0.05) is 243 Å². The normalized spacial score (nSPS) is 11.4. The van der Waals surface area contributed by atoms with E-state index in [9.17, 15) is 5.26 Å². The summed E-state index contributed by atoms with van der Waals surface area (Å²) in [5, 5.41) is 15.1. The van der Waals surface area contributed by atoms with E-state index in [1.807, 2.05) is 312 Å². The van der Waals surface area contributed by atoms with Crippen molar-refractivity contribution in [3.05, 3.63) is 363 Å². The Balaban J connectivity index is 0.837. The summed E-state index contributed by atoms with van der Waals surface area (Å²) in [6.45, 7) is 0. The molecule has 14 aromatic carbocycles. The van der Waals surface area contributed by atoms with Crippen molar-refractivity contribution in [1.82, 2.24) is 68.9 Å². The van der Waals surface area contributed by atoms with Gasteiger partial charge >= 0.3 is 0 Å². The highest BCUT2D eigenvalue weighted by Crippen LogP contribution is 2.45. The van der Waals surface area contributed by atoms with Crippen molar-refractivity contribution >= 4 is 43.6 Å². The van der Waals surface area contributed by atoms with Crippen LogP contribution in [0.1, 0.15) is 5.56 Å². The first-order valence-corrected chi connectivity index (χ1v) is 36.9. The van der Waals surface area contributed by atoms with Crippen LogP contribution in [0.3, 0.4) is 0 Å². The molecule has 534 valence electrons. The Labute approximate surface area is 651 Å². The number of benzene rings is 14. The lowest BCUT2D eigenvalue weighted by Gasteiger charge is -2.19. The summed E-state index contributed by atoms with van der Waals surface area (Å²) in [5.74, 6) is 3.97. The molecule has 0 saturated heterocycles. The summed E-state index contributed by atoms with van der Waals surface area (Å²) in [7, 11) is 0. The molecule has 0 unspecified atom stereocenters. The van der Waals surface area contributed by atoms with Crippen molar-refractivity contribution in [3.63, 3.8) is 0 Å². The third kappa shape index (κ3) is 12.6. The molecule has 0 fully saturated rings. The second-order valence-corrected chi connectivity index (χ2v) is 27.4. The fraction of sp³-hybridized carbons (Fsp3) is 0. The Bertz CT molecular complexity index is 6560. The molecule has 0 aliphatic rings. The third-order valence-electron chi connectivity index (χ3n) is 20.3. The van der Waals surface area contributed by atoms with Gasteiger partial charge in [0.25, 0.3) is 0 Å². The van der Waals surface area contributed by atoms with E-state index in [4.69, 9.17) is 59.8 Å². The molecule has 20 aromatic rings. The molecule has 0 N–H and O–H groups in total. The van der Waals surface area contributed by atoms with Gasteiger partial charge in [-0.2, -0.15) is 5.26 Å². The lowest BCUT2D eigenvalue weighted by atomic mass is 9.98. The first-order chi connectivity index (χ1) is 56.2. The van der Waals surface area contributed by atoms with E-state index in [1.54, 1.807) is 0 Å². The second kappa shape index (κ2) is 28.6. The largest absolute Gasteiger partial charge is 0.309 e. The lowest BCUT2D eigenvalue weighted by molar-refractivity contribution is 0.584. The Hall–Kier alpha value is -15.9. The number of hydrogen-bond donors (Lipinski definition) is 0. The molecule has 6 aromatic heterocycles. The van der Waals surface area contributed by atoms with Crippen molar-refractivity contribution in [3.8, 4) is 165 Å². The molecule has 0 spiro atoms. The number of hydrogen-bond acceptors (Lipinski definition) is 13. The SMILES string of the molecule is N#Cc1cc(-n2c3ccc(-c4nc(-c5ccccc5)nc(-c5ccccc5)n4)cc3c3cc(-c4nc(-c5ccccc5)nc(-c5ccccc5)n4)ccc32)c(-c2cc(F)cc(F)c2)cc1-n1c2ccc(-c3nc(-c4ccccc4)nc(-c4ccccc4)n3)cc2c2cc(-c3nc(-c4ccccc4)nc(-c4ccccc4)n3)ccc21. The van der Waals surface area contributed by atoms with Crippen LogP contribution in [0.5, 0.6) is 0 Å². The molecule has 114 heavy (non-hydrogen) atoms. The Morgan fingerprint density at radius 1 is 0.202 bits per heavy atom. The molecule has 0 bridgehead atoms. The predicted molar refractivity (Wildman–Crippen MR) is 444 cm³/mol. The van der Waals surface area contributed by atoms with E-state index in [0.717, 1.165) is 72.1 Å². The first-order valence-electron chi connectivity index (χ1n) is 36.9. The van der Waals surface area contributed by atoms with Crippen LogP contribution in [0, 0.1) is 23.0 Å². The zero-order valence-electron chi connectivity index (χ0n) is 60.4. The van der Waals surface area contributed by atoms with Gasteiger partial charge in [0, 0.05) is 99.9 Å². The van der Waals surface area contributed by atoms with E-state index in [2.05, 4.69) is 30.3 Å². The summed E-state index contributed by atoms with van der Waals surface area (Å²) < 4.78 is 37.0. The van der Waals surface area contributed by atoms with Crippen LogP contribution in [0.15, 0.2) is 346 Å². The van der Waals surface area contributed by atoms with Gasteiger partial charge in [0.1, 0.15) is 17.7 Å². The van der Waals surface area contributed by atoms with E-state index >= 15 is 8.78 Å². The molecule has 0 radical (unpaired) electrons. The Morgan fingerprint density at radius 2 is 0.412 bits per heavy atom. The number of aromatic nitrogens is 14. The quantitative estimate of drug-likeness (QED) is 0.0944.